The number of carbonyl (C=O) groups is 3. The monoisotopic (exact) mass is 408 g/mol. The molecule has 6 fully saturated rings. The van der Waals surface area contributed by atoms with Crippen LogP contribution in [0, 0.1) is 28.1 Å². The molecule has 2 aliphatic carbocycles. The molecule has 9 heteroatoms. The van der Waals surface area contributed by atoms with Gasteiger partial charge in [-0.25, -0.2) is 9.59 Å². The van der Waals surface area contributed by atoms with Crippen molar-refractivity contribution in [3.8, 4) is 0 Å². The largest absolute Gasteiger partial charge is 0.459 e. The first-order valence-corrected chi connectivity index (χ1v) is 10.1. The summed E-state index contributed by atoms with van der Waals surface area (Å²) in [6.45, 7) is 7.47. The molecule has 0 bridgehead atoms. The lowest BCUT2D eigenvalue weighted by Crippen LogP contribution is -2.66. The Morgan fingerprint density at radius 1 is 1.03 bits per heavy atom. The second kappa shape index (κ2) is 4.48. The van der Waals surface area contributed by atoms with Crippen LogP contribution in [0.4, 0.5) is 0 Å². The number of hydrogen-bond acceptors (Lipinski definition) is 9. The van der Waals surface area contributed by atoms with Crippen LogP contribution in [0.2, 0.25) is 0 Å². The zero-order valence-corrected chi connectivity index (χ0v) is 16.6. The summed E-state index contributed by atoms with van der Waals surface area (Å²) in [5.41, 5.74) is -6.81. The lowest BCUT2D eigenvalue weighted by molar-refractivity contribution is -0.238. The number of aliphatic hydroxyl groups excluding tert-OH is 1. The molecule has 0 radical (unpaired) electrons. The van der Waals surface area contributed by atoms with E-state index in [1.165, 1.54) is 6.92 Å². The van der Waals surface area contributed by atoms with E-state index in [1.54, 1.807) is 0 Å². The predicted octanol–water partition coefficient (Wildman–Crippen LogP) is -0.340. The molecule has 29 heavy (non-hydrogen) atoms. The molecular formula is C20H24O9. The number of rotatable bonds is 0. The van der Waals surface area contributed by atoms with Crippen LogP contribution in [0.3, 0.4) is 0 Å². The van der Waals surface area contributed by atoms with Crippen molar-refractivity contribution in [2.75, 3.05) is 0 Å². The van der Waals surface area contributed by atoms with Gasteiger partial charge in [0.05, 0.1) is 16.7 Å². The molecule has 6 aliphatic rings. The summed E-state index contributed by atoms with van der Waals surface area (Å²) in [7, 11) is 0. The van der Waals surface area contributed by atoms with Gasteiger partial charge in [0, 0.05) is 6.42 Å². The number of esters is 3. The Morgan fingerprint density at radius 2 is 1.72 bits per heavy atom. The van der Waals surface area contributed by atoms with E-state index >= 15 is 0 Å². The third-order valence-corrected chi connectivity index (χ3v) is 8.97. The summed E-state index contributed by atoms with van der Waals surface area (Å²) in [6, 6.07) is 0. The van der Waals surface area contributed by atoms with Crippen LogP contribution in [0.1, 0.15) is 40.5 Å². The highest BCUT2D eigenvalue weighted by Crippen LogP contribution is 2.84. The molecule has 10 atom stereocenters. The van der Waals surface area contributed by atoms with Crippen LogP contribution in [-0.2, 0) is 33.3 Å². The minimum atomic E-state index is -1.97. The Morgan fingerprint density at radius 3 is 2.38 bits per heavy atom. The number of fused-ring (bicyclic) bond motifs is 1. The smallest absolute Gasteiger partial charge is 0.342 e. The molecule has 0 aromatic rings. The minimum absolute atomic E-state index is 0.0623. The Kier molecular flexibility index (Phi) is 2.79. The fourth-order valence-electron chi connectivity index (χ4n) is 8.06. The third-order valence-electron chi connectivity index (χ3n) is 8.97. The van der Waals surface area contributed by atoms with Crippen molar-refractivity contribution in [2.24, 2.45) is 28.1 Å². The fourth-order valence-corrected chi connectivity index (χ4v) is 8.06. The van der Waals surface area contributed by atoms with Crippen LogP contribution in [0.25, 0.3) is 0 Å². The average Bonchev–Trinajstić information content (AvgIpc) is 3.31. The summed E-state index contributed by atoms with van der Waals surface area (Å²) in [5, 5.41) is 23.0. The van der Waals surface area contributed by atoms with Crippen molar-refractivity contribution in [2.45, 2.75) is 76.3 Å². The third kappa shape index (κ3) is 1.35. The van der Waals surface area contributed by atoms with E-state index in [4.69, 9.17) is 18.9 Å². The van der Waals surface area contributed by atoms with Gasteiger partial charge in [-0.05, 0) is 24.7 Å². The molecule has 0 aromatic heterocycles. The van der Waals surface area contributed by atoms with Gasteiger partial charge in [-0.15, -0.1) is 0 Å². The summed E-state index contributed by atoms with van der Waals surface area (Å²) >= 11 is 0. The van der Waals surface area contributed by atoms with Crippen LogP contribution in [0.15, 0.2) is 0 Å². The van der Waals surface area contributed by atoms with Gasteiger partial charge in [0.15, 0.2) is 11.7 Å². The van der Waals surface area contributed by atoms with Crippen LogP contribution < -0.4 is 0 Å². The molecule has 2 unspecified atom stereocenters. The summed E-state index contributed by atoms with van der Waals surface area (Å²) in [5.74, 6) is -3.52. The SMILES string of the molecule is C[C@@H]1C(=O)OC2C[C@@]34[C@H]5C[C@@H](C(C)(C)C)[C@@]36C(O)C(=O)O[C@H]6O[C@@]4(C(=O)O5)[C@]21O. The predicted molar refractivity (Wildman–Crippen MR) is 90.6 cm³/mol. The van der Waals surface area contributed by atoms with E-state index in [9.17, 15) is 24.6 Å². The highest BCUT2D eigenvalue weighted by atomic mass is 16.8. The number of hydrogen-bond donors (Lipinski definition) is 2. The Hall–Kier alpha value is -1.71. The molecule has 0 amide bonds. The van der Waals surface area contributed by atoms with Crippen LogP contribution in [0.5, 0.6) is 0 Å². The van der Waals surface area contributed by atoms with Crippen molar-refractivity contribution in [1.82, 2.24) is 0 Å². The molecule has 158 valence electrons. The van der Waals surface area contributed by atoms with E-state index in [0.29, 0.717) is 6.42 Å². The van der Waals surface area contributed by atoms with Gasteiger partial charge >= 0.3 is 17.9 Å². The van der Waals surface area contributed by atoms with E-state index in [0.717, 1.165) is 0 Å². The molecule has 2 saturated carbocycles. The van der Waals surface area contributed by atoms with Crippen molar-refractivity contribution in [3.05, 3.63) is 0 Å². The zero-order chi connectivity index (χ0) is 20.9. The molecule has 0 aromatic carbocycles. The fraction of sp³-hybridized carbons (Fsp3) is 0.850. The Labute approximate surface area is 166 Å². The first-order valence-electron chi connectivity index (χ1n) is 10.1. The summed E-state index contributed by atoms with van der Waals surface area (Å²) in [6.07, 6.45) is -3.96. The first-order chi connectivity index (χ1) is 13.4. The van der Waals surface area contributed by atoms with Crippen molar-refractivity contribution in [1.29, 1.82) is 0 Å². The van der Waals surface area contributed by atoms with Gasteiger partial charge in [-0.2, -0.15) is 0 Å². The number of aliphatic hydroxyl groups is 2. The summed E-state index contributed by atoms with van der Waals surface area (Å²) < 4.78 is 22.9. The maximum atomic E-state index is 13.3. The highest BCUT2D eigenvalue weighted by Gasteiger charge is 3.01. The van der Waals surface area contributed by atoms with E-state index in [-0.39, 0.29) is 17.8 Å². The van der Waals surface area contributed by atoms with Gasteiger partial charge in [0.2, 0.25) is 11.9 Å². The molecule has 4 aliphatic heterocycles. The van der Waals surface area contributed by atoms with E-state index in [2.05, 4.69) is 0 Å². The summed E-state index contributed by atoms with van der Waals surface area (Å²) in [4.78, 5) is 38.1. The van der Waals surface area contributed by atoms with Gasteiger partial charge in [0.25, 0.3) is 0 Å². The maximum absolute atomic E-state index is 13.3. The second-order valence-corrected chi connectivity index (χ2v) is 10.6. The lowest BCUT2D eigenvalue weighted by atomic mass is 9.51. The van der Waals surface area contributed by atoms with Crippen molar-refractivity contribution in [3.63, 3.8) is 0 Å². The normalized spacial score (nSPS) is 59.2. The van der Waals surface area contributed by atoms with Crippen LogP contribution in [-0.4, -0.2) is 63.9 Å². The molecular weight excluding hydrogens is 384 g/mol. The standard InChI is InChI=1S/C20H24O9/c1-7-12(22)26-10-6-17-9-5-8(16(2,3)4)18(17)11(21)13(23)28-15(18)29-20(17,14(24)27-9)19(7,10)25/h7-11,15,21,25H,5-6H2,1-4H3/t7-,8+,9-,10?,11?,15+,17-,18+,19-,20-/m1/s1. The quantitative estimate of drug-likeness (QED) is 0.408. The number of carbonyl (C=O) groups excluding carboxylic acids is 3. The molecule has 9 nitrogen and oxygen atoms in total. The van der Waals surface area contributed by atoms with Crippen molar-refractivity contribution < 1.29 is 43.5 Å². The molecule has 2 N–H and O–H groups in total. The molecule has 4 saturated heterocycles. The molecule has 2 spiro atoms. The number of ether oxygens (including phenoxy) is 4. The van der Waals surface area contributed by atoms with Gasteiger partial charge in [-0.1, -0.05) is 20.8 Å². The average molecular weight is 408 g/mol. The van der Waals surface area contributed by atoms with Crippen LogP contribution >= 0.6 is 0 Å². The molecule has 4 heterocycles. The lowest BCUT2D eigenvalue weighted by Gasteiger charge is -2.46. The second-order valence-electron chi connectivity index (χ2n) is 10.6. The van der Waals surface area contributed by atoms with E-state index in [1.807, 2.05) is 20.8 Å². The van der Waals surface area contributed by atoms with Crippen molar-refractivity contribution >= 4 is 17.9 Å². The zero-order valence-electron chi connectivity index (χ0n) is 16.6. The highest BCUT2D eigenvalue weighted by molar-refractivity contribution is 5.93. The first kappa shape index (κ1) is 18.1. The maximum Gasteiger partial charge on any atom is 0.342 e. The minimum Gasteiger partial charge on any atom is -0.459 e. The Balaban J connectivity index is 1.68. The van der Waals surface area contributed by atoms with Gasteiger partial charge in [0.1, 0.15) is 12.2 Å². The van der Waals surface area contributed by atoms with Gasteiger partial charge < -0.3 is 29.2 Å². The van der Waals surface area contributed by atoms with Gasteiger partial charge in [-0.3, -0.25) is 4.79 Å². The Bertz CT molecular complexity index is 893. The van der Waals surface area contributed by atoms with E-state index < -0.39 is 70.5 Å². The molecule has 6 rings (SSSR count). The topological polar surface area (TPSA) is 129 Å².